The summed E-state index contributed by atoms with van der Waals surface area (Å²) in [6.07, 6.45) is 3.90. The standard InChI is InChI=1S/C16H17NO2/c1-12(18)15-3-2-8-17(15)9-6-13-4-5-16-14(11-13)7-10-19-16/h2-5,8,11H,6-7,9-10H2,1H3. The molecule has 0 saturated heterocycles. The molecule has 0 fully saturated rings. The van der Waals surface area contributed by atoms with E-state index in [0.29, 0.717) is 0 Å². The molecule has 0 unspecified atom stereocenters. The SMILES string of the molecule is CC(=O)c1cccn1CCc1ccc2c(c1)CCO2. The van der Waals surface area contributed by atoms with E-state index in [1.54, 1.807) is 6.92 Å². The van der Waals surface area contributed by atoms with Gasteiger partial charge in [-0.05, 0) is 35.7 Å². The first kappa shape index (κ1) is 12.0. The summed E-state index contributed by atoms with van der Waals surface area (Å²) in [6.45, 7) is 3.24. The molecule has 3 nitrogen and oxygen atoms in total. The number of carbonyl (C=O) groups excluding carboxylic acids is 1. The van der Waals surface area contributed by atoms with Gasteiger partial charge >= 0.3 is 0 Å². The Balaban J connectivity index is 1.72. The van der Waals surface area contributed by atoms with Crippen LogP contribution in [0.15, 0.2) is 36.5 Å². The Morgan fingerprint density at radius 1 is 1.37 bits per heavy atom. The molecule has 1 aliphatic rings. The van der Waals surface area contributed by atoms with Crippen molar-refractivity contribution in [3.05, 3.63) is 53.3 Å². The third-order valence-electron chi connectivity index (χ3n) is 3.59. The van der Waals surface area contributed by atoms with E-state index in [0.717, 1.165) is 37.4 Å². The van der Waals surface area contributed by atoms with E-state index in [1.165, 1.54) is 11.1 Å². The predicted octanol–water partition coefficient (Wildman–Crippen LogP) is 2.87. The van der Waals surface area contributed by atoms with E-state index in [-0.39, 0.29) is 5.78 Å². The largest absolute Gasteiger partial charge is 0.493 e. The number of Topliss-reactive ketones (excluding diaryl/α,β-unsaturated/α-hetero) is 1. The Morgan fingerprint density at radius 2 is 2.26 bits per heavy atom. The molecule has 2 aromatic rings. The van der Waals surface area contributed by atoms with Gasteiger partial charge in [0.25, 0.3) is 0 Å². The molecular formula is C16H17NO2. The lowest BCUT2D eigenvalue weighted by atomic mass is 10.1. The number of rotatable bonds is 4. The van der Waals surface area contributed by atoms with E-state index in [2.05, 4.69) is 18.2 Å². The predicted molar refractivity (Wildman–Crippen MR) is 73.8 cm³/mol. The normalized spacial score (nSPS) is 13.1. The van der Waals surface area contributed by atoms with Crippen LogP contribution in [0, 0.1) is 0 Å². The minimum Gasteiger partial charge on any atom is -0.493 e. The van der Waals surface area contributed by atoms with Gasteiger partial charge in [-0.15, -0.1) is 0 Å². The molecule has 0 bridgehead atoms. The summed E-state index contributed by atoms with van der Waals surface area (Å²) in [4.78, 5) is 11.5. The molecule has 0 aliphatic carbocycles. The molecule has 0 atom stereocenters. The van der Waals surface area contributed by atoms with E-state index >= 15 is 0 Å². The van der Waals surface area contributed by atoms with Crippen molar-refractivity contribution >= 4 is 5.78 Å². The maximum Gasteiger partial charge on any atom is 0.176 e. The molecule has 0 spiro atoms. The summed E-state index contributed by atoms with van der Waals surface area (Å²) in [5.41, 5.74) is 3.38. The van der Waals surface area contributed by atoms with Crippen LogP contribution in [0.25, 0.3) is 0 Å². The molecule has 19 heavy (non-hydrogen) atoms. The Hall–Kier alpha value is -2.03. The Bertz CT molecular complexity index is 613. The van der Waals surface area contributed by atoms with Crippen LogP contribution in [0.2, 0.25) is 0 Å². The van der Waals surface area contributed by atoms with E-state index in [9.17, 15) is 4.79 Å². The van der Waals surface area contributed by atoms with Gasteiger partial charge in [0.2, 0.25) is 0 Å². The van der Waals surface area contributed by atoms with E-state index in [4.69, 9.17) is 4.74 Å². The van der Waals surface area contributed by atoms with Crippen LogP contribution < -0.4 is 4.74 Å². The lowest BCUT2D eigenvalue weighted by molar-refractivity contribution is 0.100. The maximum atomic E-state index is 11.5. The van der Waals surface area contributed by atoms with Gasteiger partial charge < -0.3 is 9.30 Å². The van der Waals surface area contributed by atoms with E-state index < -0.39 is 0 Å². The van der Waals surface area contributed by atoms with Crippen LogP contribution in [0.1, 0.15) is 28.5 Å². The molecule has 0 radical (unpaired) electrons. The van der Waals surface area contributed by atoms with Gasteiger partial charge in [0, 0.05) is 26.1 Å². The second-order valence-electron chi connectivity index (χ2n) is 4.93. The van der Waals surface area contributed by atoms with Gasteiger partial charge in [-0.2, -0.15) is 0 Å². The summed E-state index contributed by atoms with van der Waals surface area (Å²) >= 11 is 0. The molecular weight excluding hydrogens is 238 g/mol. The Morgan fingerprint density at radius 3 is 3.11 bits per heavy atom. The first-order chi connectivity index (χ1) is 9.24. The van der Waals surface area contributed by atoms with Crippen LogP contribution in [-0.4, -0.2) is 17.0 Å². The first-order valence-electron chi connectivity index (χ1n) is 6.65. The summed E-state index contributed by atoms with van der Waals surface area (Å²) in [5.74, 6) is 1.14. The quantitative estimate of drug-likeness (QED) is 0.787. The number of ketones is 1. The number of nitrogens with zero attached hydrogens (tertiary/aromatic N) is 1. The van der Waals surface area contributed by atoms with E-state index in [1.807, 2.05) is 22.9 Å². The number of ether oxygens (including phenoxy) is 1. The number of benzene rings is 1. The van der Waals surface area contributed by atoms with Gasteiger partial charge in [0.05, 0.1) is 12.3 Å². The number of aromatic nitrogens is 1. The third-order valence-corrected chi connectivity index (χ3v) is 3.59. The molecule has 0 saturated carbocycles. The zero-order valence-electron chi connectivity index (χ0n) is 11.1. The lowest BCUT2D eigenvalue weighted by Gasteiger charge is -2.08. The molecule has 0 amide bonds. The summed E-state index contributed by atoms with van der Waals surface area (Å²) in [5, 5.41) is 0. The number of aryl methyl sites for hydroxylation is 2. The molecule has 2 heterocycles. The molecule has 98 valence electrons. The minimum atomic E-state index is 0.118. The maximum absolute atomic E-state index is 11.5. The fraction of sp³-hybridized carbons (Fsp3) is 0.312. The highest BCUT2D eigenvalue weighted by Crippen LogP contribution is 2.26. The highest BCUT2D eigenvalue weighted by atomic mass is 16.5. The summed E-state index contributed by atoms with van der Waals surface area (Å²) in [7, 11) is 0. The van der Waals surface area contributed by atoms with Crippen molar-refractivity contribution < 1.29 is 9.53 Å². The fourth-order valence-electron chi connectivity index (χ4n) is 2.57. The lowest BCUT2D eigenvalue weighted by Crippen LogP contribution is -2.07. The highest BCUT2D eigenvalue weighted by molar-refractivity contribution is 5.92. The molecule has 1 aliphatic heterocycles. The summed E-state index contributed by atoms with van der Waals surface area (Å²) in [6, 6.07) is 10.2. The number of fused-ring (bicyclic) bond motifs is 1. The van der Waals surface area contributed by atoms with Crippen molar-refractivity contribution in [2.75, 3.05) is 6.61 Å². The highest BCUT2D eigenvalue weighted by Gasteiger charge is 2.12. The van der Waals surface area contributed by atoms with Gasteiger partial charge in [0.15, 0.2) is 5.78 Å². The number of hydrogen-bond donors (Lipinski definition) is 0. The van der Waals surface area contributed by atoms with Gasteiger partial charge in [-0.1, -0.05) is 12.1 Å². The smallest absolute Gasteiger partial charge is 0.176 e. The van der Waals surface area contributed by atoms with Crippen molar-refractivity contribution in [3.8, 4) is 5.75 Å². The molecule has 1 aromatic heterocycles. The Kier molecular flexibility index (Phi) is 3.11. The van der Waals surface area contributed by atoms with Crippen LogP contribution in [0.3, 0.4) is 0 Å². The second kappa shape index (κ2) is 4.92. The molecule has 0 N–H and O–H groups in total. The average Bonchev–Trinajstić information content (AvgIpc) is 3.04. The van der Waals surface area contributed by atoms with Crippen LogP contribution in [-0.2, 0) is 19.4 Å². The number of hydrogen-bond acceptors (Lipinski definition) is 2. The van der Waals surface area contributed by atoms with Crippen molar-refractivity contribution in [1.82, 2.24) is 4.57 Å². The zero-order chi connectivity index (χ0) is 13.2. The van der Waals surface area contributed by atoms with Crippen molar-refractivity contribution in [3.63, 3.8) is 0 Å². The molecule has 3 rings (SSSR count). The van der Waals surface area contributed by atoms with Gasteiger partial charge in [-0.3, -0.25) is 4.79 Å². The number of carbonyl (C=O) groups is 1. The second-order valence-corrected chi connectivity index (χ2v) is 4.93. The fourth-order valence-corrected chi connectivity index (χ4v) is 2.57. The van der Waals surface area contributed by atoms with Crippen LogP contribution >= 0.6 is 0 Å². The summed E-state index contributed by atoms with van der Waals surface area (Å²) < 4.78 is 7.52. The first-order valence-corrected chi connectivity index (χ1v) is 6.65. The van der Waals surface area contributed by atoms with Crippen molar-refractivity contribution in [2.24, 2.45) is 0 Å². The average molecular weight is 255 g/mol. The topological polar surface area (TPSA) is 31.2 Å². The Labute approximate surface area is 112 Å². The van der Waals surface area contributed by atoms with Crippen LogP contribution in [0.5, 0.6) is 5.75 Å². The molecule has 3 heteroatoms. The van der Waals surface area contributed by atoms with Crippen molar-refractivity contribution in [1.29, 1.82) is 0 Å². The van der Waals surface area contributed by atoms with Gasteiger partial charge in [0.1, 0.15) is 5.75 Å². The van der Waals surface area contributed by atoms with Crippen LogP contribution in [0.4, 0.5) is 0 Å². The monoisotopic (exact) mass is 255 g/mol. The van der Waals surface area contributed by atoms with Crippen molar-refractivity contribution in [2.45, 2.75) is 26.3 Å². The third kappa shape index (κ3) is 2.41. The minimum absolute atomic E-state index is 0.118. The molecule has 1 aromatic carbocycles. The zero-order valence-corrected chi connectivity index (χ0v) is 11.1. The van der Waals surface area contributed by atoms with Gasteiger partial charge in [-0.25, -0.2) is 0 Å².